The first-order valence-electron chi connectivity index (χ1n) is 9.80. The molecule has 0 aliphatic heterocycles. The van der Waals surface area contributed by atoms with E-state index in [0.717, 1.165) is 22.5 Å². The lowest BCUT2D eigenvalue weighted by molar-refractivity contribution is 0.890. The standard InChI is InChI=1S/C27H24N2/c28-26(24-12-6-2-7-13-24)27(25-14-8-3-9-15-25)29-20-21-16-18-23(19-17-21)22-10-4-1-5-11-22/h1-19,29H,20,28H2/b27-26-. The first kappa shape index (κ1) is 18.6. The Balaban J connectivity index is 1.58. The third kappa shape index (κ3) is 4.56. The highest BCUT2D eigenvalue weighted by atomic mass is 14.9. The highest BCUT2D eigenvalue weighted by Crippen LogP contribution is 2.22. The van der Waals surface area contributed by atoms with Crippen LogP contribution in [0.25, 0.3) is 22.5 Å². The lowest BCUT2D eigenvalue weighted by Crippen LogP contribution is -2.16. The summed E-state index contributed by atoms with van der Waals surface area (Å²) in [5, 5.41) is 3.56. The summed E-state index contributed by atoms with van der Waals surface area (Å²) in [6.07, 6.45) is 0. The molecule has 0 heterocycles. The average Bonchev–Trinajstić information content (AvgIpc) is 2.81. The molecule has 142 valence electrons. The van der Waals surface area contributed by atoms with E-state index in [1.807, 2.05) is 54.6 Å². The van der Waals surface area contributed by atoms with E-state index in [4.69, 9.17) is 5.73 Å². The molecule has 0 saturated heterocycles. The summed E-state index contributed by atoms with van der Waals surface area (Å²) in [6, 6.07) is 39.4. The summed E-state index contributed by atoms with van der Waals surface area (Å²) >= 11 is 0. The van der Waals surface area contributed by atoms with Gasteiger partial charge >= 0.3 is 0 Å². The van der Waals surface area contributed by atoms with E-state index in [0.29, 0.717) is 6.54 Å². The number of hydrogen-bond donors (Lipinski definition) is 2. The number of nitrogens with one attached hydrogen (secondary N) is 1. The van der Waals surface area contributed by atoms with Crippen LogP contribution in [0.2, 0.25) is 0 Å². The van der Waals surface area contributed by atoms with Crippen molar-refractivity contribution in [1.82, 2.24) is 5.32 Å². The summed E-state index contributed by atoms with van der Waals surface area (Å²) in [5.41, 5.74) is 14.0. The molecule has 2 nitrogen and oxygen atoms in total. The van der Waals surface area contributed by atoms with Gasteiger partial charge in [0.2, 0.25) is 0 Å². The van der Waals surface area contributed by atoms with Gasteiger partial charge in [-0.05, 0) is 27.8 Å². The van der Waals surface area contributed by atoms with Crippen LogP contribution in [0.3, 0.4) is 0 Å². The molecule has 0 amide bonds. The molecule has 0 unspecified atom stereocenters. The smallest absolute Gasteiger partial charge is 0.0656 e. The summed E-state index contributed by atoms with van der Waals surface area (Å²) in [4.78, 5) is 0. The summed E-state index contributed by atoms with van der Waals surface area (Å²) in [6.45, 7) is 0.701. The van der Waals surface area contributed by atoms with E-state index in [9.17, 15) is 0 Å². The fraction of sp³-hybridized carbons (Fsp3) is 0.0370. The highest BCUT2D eigenvalue weighted by Gasteiger charge is 2.09. The molecule has 0 aliphatic rings. The Labute approximate surface area is 172 Å². The van der Waals surface area contributed by atoms with Gasteiger partial charge in [-0.3, -0.25) is 0 Å². The normalized spacial score (nSPS) is 11.6. The van der Waals surface area contributed by atoms with Gasteiger partial charge in [-0.25, -0.2) is 0 Å². The molecule has 2 heteroatoms. The highest BCUT2D eigenvalue weighted by molar-refractivity contribution is 5.88. The van der Waals surface area contributed by atoms with Crippen LogP contribution in [-0.4, -0.2) is 0 Å². The van der Waals surface area contributed by atoms with Crippen molar-refractivity contribution in [2.75, 3.05) is 0 Å². The number of rotatable bonds is 6. The van der Waals surface area contributed by atoms with Crippen molar-refractivity contribution in [2.45, 2.75) is 6.54 Å². The molecule has 0 bridgehead atoms. The van der Waals surface area contributed by atoms with Gasteiger partial charge in [-0.15, -0.1) is 0 Å². The van der Waals surface area contributed by atoms with Crippen LogP contribution in [0.5, 0.6) is 0 Å². The molecule has 0 saturated carbocycles. The maximum atomic E-state index is 6.55. The zero-order chi connectivity index (χ0) is 19.9. The Morgan fingerprint density at radius 3 is 1.62 bits per heavy atom. The number of nitrogens with two attached hydrogens (primary N) is 1. The fourth-order valence-corrected chi connectivity index (χ4v) is 3.36. The minimum Gasteiger partial charge on any atom is -0.397 e. The molecule has 4 aromatic rings. The second-order valence-corrected chi connectivity index (χ2v) is 6.94. The van der Waals surface area contributed by atoms with Crippen molar-refractivity contribution in [1.29, 1.82) is 0 Å². The van der Waals surface area contributed by atoms with Crippen molar-refractivity contribution in [3.8, 4) is 11.1 Å². The van der Waals surface area contributed by atoms with Gasteiger partial charge in [0.25, 0.3) is 0 Å². The van der Waals surface area contributed by atoms with Crippen LogP contribution < -0.4 is 11.1 Å². The molecule has 0 spiro atoms. The van der Waals surface area contributed by atoms with Crippen LogP contribution in [0, 0.1) is 0 Å². The van der Waals surface area contributed by atoms with E-state index < -0.39 is 0 Å². The van der Waals surface area contributed by atoms with Crippen LogP contribution in [0.15, 0.2) is 115 Å². The minimum absolute atomic E-state index is 0.701. The van der Waals surface area contributed by atoms with Gasteiger partial charge < -0.3 is 11.1 Å². The molecule has 29 heavy (non-hydrogen) atoms. The van der Waals surface area contributed by atoms with Gasteiger partial charge in [-0.2, -0.15) is 0 Å². The third-order valence-corrected chi connectivity index (χ3v) is 4.95. The van der Waals surface area contributed by atoms with E-state index in [2.05, 4.69) is 66.0 Å². The second kappa shape index (κ2) is 8.94. The Bertz CT molecular complexity index is 1070. The first-order valence-corrected chi connectivity index (χ1v) is 9.80. The summed E-state index contributed by atoms with van der Waals surface area (Å²) < 4.78 is 0. The maximum Gasteiger partial charge on any atom is 0.0656 e. The SMILES string of the molecule is N/C(=C(\NCc1ccc(-c2ccccc2)cc1)c1ccccc1)c1ccccc1. The molecule has 4 aromatic carbocycles. The Morgan fingerprint density at radius 1 is 0.552 bits per heavy atom. The van der Waals surface area contributed by atoms with Gasteiger partial charge in [0.15, 0.2) is 0 Å². The molecule has 0 atom stereocenters. The molecular formula is C27H24N2. The van der Waals surface area contributed by atoms with Crippen LogP contribution in [0.1, 0.15) is 16.7 Å². The van der Waals surface area contributed by atoms with E-state index in [1.54, 1.807) is 0 Å². The molecule has 4 rings (SSSR count). The quantitative estimate of drug-likeness (QED) is 0.409. The molecule has 0 radical (unpaired) electrons. The Hall–Kier alpha value is -3.78. The van der Waals surface area contributed by atoms with Crippen LogP contribution >= 0.6 is 0 Å². The molecule has 0 aliphatic carbocycles. The van der Waals surface area contributed by atoms with Gasteiger partial charge in [0, 0.05) is 6.54 Å². The van der Waals surface area contributed by atoms with E-state index in [1.165, 1.54) is 16.7 Å². The zero-order valence-corrected chi connectivity index (χ0v) is 16.3. The van der Waals surface area contributed by atoms with Gasteiger partial charge in [-0.1, -0.05) is 115 Å². The summed E-state index contributed by atoms with van der Waals surface area (Å²) in [5.74, 6) is 0. The first-order chi connectivity index (χ1) is 14.3. The zero-order valence-electron chi connectivity index (χ0n) is 16.3. The van der Waals surface area contributed by atoms with Crippen LogP contribution in [-0.2, 0) is 6.54 Å². The Morgan fingerprint density at radius 2 is 1.03 bits per heavy atom. The molecule has 3 N–H and O–H groups in total. The van der Waals surface area contributed by atoms with E-state index >= 15 is 0 Å². The van der Waals surface area contributed by atoms with Crippen LogP contribution in [0.4, 0.5) is 0 Å². The van der Waals surface area contributed by atoms with Gasteiger partial charge in [0.1, 0.15) is 0 Å². The van der Waals surface area contributed by atoms with Gasteiger partial charge in [0.05, 0.1) is 11.4 Å². The third-order valence-electron chi connectivity index (χ3n) is 4.95. The Kier molecular flexibility index (Phi) is 5.73. The minimum atomic E-state index is 0.701. The van der Waals surface area contributed by atoms with Crippen molar-refractivity contribution >= 4 is 11.4 Å². The predicted octanol–water partition coefficient (Wildman–Crippen LogP) is 5.93. The fourth-order valence-electron chi connectivity index (χ4n) is 3.36. The van der Waals surface area contributed by atoms with E-state index in [-0.39, 0.29) is 0 Å². The van der Waals surface area contributed by atoms with Crippen molar-refractivity contribution in [3.05, 3.63) is 132 Å². The molecular weight excluding hydrogens is 352 g/mol. The molecule has 0 fully saturated rings. The van der Waals surface area contributed by atoms with Crippen molar-refractivity contribution in [3.63, 3.8) is 0 Å². The van der Waals surface area contributed by atoms with Crippen molar-refractivity contribution in [2.24, 2.45) is 5.73 Å². The second-order valence-electron chi connectivity index (χ2n) is 6.94. The largest absolute Gasteiger partial charge is 0.397 e. The maximum absolute atomic E-state index is 6.55. The van der Waals surface area contributed by atoms with Crippen molar-refractivity contribution < 1.29 is 0 Å². The average molecular weight is 377 g/mol. The monoisotopic (exact) mass is 376 g/mol. The number of hydrogen-bond acceptors (Lipinski definition) is 2. The topological polar surface area (TPSA) is 38.0 Å². The molecule has 0 aromatic heterocycles. The number of benzene rings is 4. The lowest BCUT2D eigenvalue weighted by Gasteiger charge is -2.16. The summed E-state index contributed by atoms with van der Waals surface area (Å²) in [7, 11) is 0. The predicted molar refractivity (Wildman–Crippen MR) is 123 cm³/mol. The lowest BCUT2D eigenvalue weighted by atomic mass is 10.0.